The van der Waals surface area contributed by atoms with Crippen LogP contribution in [0.3, 0.4) is 0 Å². The summed E-state index contributed by atoms with van der Waals surface area (Å²) in [4.78, 5) is 2.59. The van der Waals surface area contributed by atoms with Crippen molar-refractivity contribution >= 4 is 5.69 Å². The SMILES string of the molecule is CNc1ccc(OC(C)CCN2CCCCCC2)cc1. The van der Waals surface area contributed by atoms with Gasteiger partial charge in [-0.3, -0.25) is 0 Å². The van der Waals surface area contributed by atoms with E-state index >= 15 is 0 Å². The van der Waals surface area contributed by atoms with Crippen molar-refractivity contribution in [1.29, 1.82) is 0 Å². The van der Waals surface area contributed by atoms with Gasteiger partial charge in [-0.25, -0.2) is 0 Å². The monoisotopic (exact) mass is 276 g/mol. The third kappa shape index (κ3) is 5.04. The number of benzene rings is 1. The predicted octanol–water partition coefficient (Wildman–Crippen LogP) is 3.76. The van der Waals surface area contributed by atoms with Gasteiger partial charge in [-0.15, -0.1) is 0 Å². The smallest absolute Gasteiger partial charge is 0.119 e. The maximum Gasteiger partial charge on any atom is 0.119 e. The number of nitrogens with zero attached hydrogens (tertiary/aromatic N) is 1. The quantitative estimate of drug-likeness (QED) is 0.856. The standard InChI is InChI=1S/C17H28N2O/c1-15(11-14-19-12-5-3-4-6-13-19)20-17-9-7-16(18-2)8-10-17/h7-10,15,18H,3-6,11-14H2,1-2H3. The average molecular weight is 276 g/mol. The maximum absolute atomic E-state index is 5.98. The summed E-state index contributed by atoms with van der Waals surface area (Å²) in [7, 11) is 1.93. The van der Waals surface area contributed by atoms with Gasteiger partial charge in [-0.05, 0) is 63.5 Å². The molecule has 0 amide bonds. The van der Waals surface area contributed by atoms with E-state index in [2.05, 4.69) is 29.3 Å². The summed E-state index contributed by atoms with van der Waals surface area (Å²) in [5.41, 5.74) is 1.12. The van der Waals surface area contributed by atoms with Crippen LogP contribution in [0.1, 0.15) is 39.0 Å². The zero-order valence-electron chi connectivity index (χ0n) is 12.9. The topological polar surface area (TPSA) is 24.5 Å². The zero-order valence-corrected chi connectivity index (χ0v) is 12.9. The summed E-state index contributed by atoms with van der Waals surface area (Å²) < 4.78 is 5.98. The number of hydrogen-bond acceptors (Lipinski definition) is 3. The van der Waals surface area contributed by atoms with E-state index in [4.69, 9.17) is 4.74 Å². The van der Waals surface area contributed by atoms with Crippen molar-refractivity contribution < 1.29 is 4.74 Å². The Kier molecular flexibility index (Phi) is 6.19. The van der Waals surface area contributed by atoms with Crippen LogP contribution in [0.15, 0.2) is 24.3 Å². The van der Waals surface area contributed by atoms with Crippen molar-refractivity contribution in [2.75, 3.05) is 32.0 Å². The molecule has 3 heteroatoms. The Balaban J connectivity index is 1.72. The van der Waals surface area contributed by atoms with Crippen LogP contribution in [0.2, 0.25) is 0 Å². The minimum absolute atomic E-state index is 0.277. The molecule has 1 N–H and O–H groups in total. The first kappa shape index (κ1) is 15.2. The molecule has 0 aromatic heterocycles. The lowest BCUT2D eigenvalue weighted by Crippen LogP contribution is -2.29. The predicted molar refractivity (Wildman–Crippen MR) is 85.6 cm³/mol. The second-order valence-corrected chi connectivity index (χ2v) is 5.75. The fraction of sp³-hybridized carbons (Fsp3) is 0.647. The summed E-state index contributed by atoms with van der Waals surface area (Å²) in [5.74, 6) is 0.965. The third-order valence-electron chi connectivity index (χ3n) is 4.03. The highest BCUT2D eigenvalue weighted by Gasteiger charge is 2.11. The lowest BCUT2D eigenvalue weighted by atomic mass is 10.2. The van der Waals surface area contributed by atoms with Crippen LogP contribution in [-0.4, -0.2) is 37.7 Å². The van der Waals surface area contributed by atoms with Crippen molar-refractivity contribution in [3.63, 3.8) is 0 Å². The molecule has 1 aromatic rings. The number of anilines is 1. The van der Waals surface area contributed by atoms with Gasteiger partial charge in [0.05, 0.1) is 6.10 Å². The Morgan fingerprint density at radius 3 is 2.35 bits per heavy atom. The van der Waals surface area contributed by atoms with E-state index < -0.39 is 0 Å². The van der Waals surface area contributed by atoms with Crippen molar-refractivity contribution in [3.8, 4) is 5.75 Å². The van der Waals surface area contributed by atoms with Crippen LogP contribution < -0.4 is 10.1 Å². The molecule has 0 bridgehead atoms. The first-order chi connectivity index (χ1) is 9.78. The summed E-state index contributed by atoms with van der Waals surface area (Å²) in [6.07, 6.45) is 6.91. The van der Waals surface area contributed by atoms with Gasteiger partial charge in [-0.2, -0.15) is 0 Å². The first-order valence-electron chi connectivity index (χ1n) is 7.95. The summed E-state index contributed by atoms with van der Waals surface area (Å²) >= 11 is 0. The number of likely N-dealkylation sites (tertiary alicyclic amines) is 1. The Labute approximate surface area is 123 Å². The Bertz CT molecular complexity index is 369. The average Bonchev–Trinajstić information content (AvgIpc) is 2.74. The van der Waals surface area contributed by atoms with E-state index in [1.165, 1.54) is 38.8 Å². The van der Waals surface area contributed by atoms with Gasteiger partial charge in [0.25, 0.3) is 0 Å². The third-order valence-corrected chi connectivity index (χ3v) is 4.03. The highest BCUT2D eigenvalue weighted by Crippen LogP contribution is 2.18. The van der Waals surface area contributed by atoms with Crippen molar-refractivity contribution in [3.05, 3.63) is 24.3 Å². The maximum atomic E-state index is 5.98. The van der Waals surface area contributed by atoms with Gasteiger partial charge in [0, 0.05) is 19.3 Å². The van der Waals surface area contributed by atoms with Gasteiger partial charge in [0.15, 0.2) is 0 Å². The molecular formula is C17H28N2O. The lowest BCUT2D eigenvalue weighted by Gasteiger charge is -2.22. The van der Waals surface area contributed by atoms with Crippen LogP contribution in [-0.2, 0) is 0 Å². The summed E-state index contributed by atoms with van der Waals surface area (Å²) in [6, 6.07) is 8.18. The van der Waals surface area contributed by atoms with Crippen molar-refractivity contribution in [1.82, 2.24) is 4.90 Å². The minimum Gasteiger partial charge on any atom is -0.491 e. The van der Waals surface area contributed by atoms with E-state index in [-0.39, 0.29) is 6.10 Å². The molecule has 2 rings (SSSR count). The molecule has 1 aliphatic heterocycles. The van der Waals surface area contributed by atoms with Crippen LogP contribution in [0.5, 0.6) is 5.75 Å². The van der Waals surface area contributed by atoms with Gasteiger partial charge in [-0.1, -0.05) is 12.8 Å². The van der Waals surface area contributed by atoms with Crippen LogP contribution in [0, 0.1) is 0 Å². The van der Waals surface area contributed by atoms with Gasteiger partial charge in [0.2, 0.25) is 0 Å². The zero-order chi connectivity index (χ0) is 14.2. The molecule has 1 unspecified atom stereocenters. The van der Waals surface area contributed by atoms with E-state index in [1.54, 1.807) is 0 Å². The normalized spacial score (nSPS) is 18.3. The lowest BCUT2D eigenvalue weighted by molar-refractivity contribution is 0.178. The van der Waals surface area contributed by atoms with Crippen LogP contribution >= 0.6 is 0 Å². The van der Waals surface area contributed by atoms with Gasteiger partial charge in [0.1, 0.15) is 5.75 Å². The summed E-state index contributed by atoms with van der Waals surface area (Å²) in [5, 5.41) is 3.12. The number of ether oxygens (including phenoxy) is 1. The first-order valence-corrected chi connectivity index (χ1v) is 7.95. The molecule has 1 atom stereocenters. The largest absolute Gasteiger partial charge is 0.491 e. The Morgan fingerprint density at radius 2 is 1.75 bits per heavy atom. The van der Waals surface area contributed by atoms with E-state index in [0.29, 0.717) is 0 Å². The molecule has 0 saturated carbocycles. The van der Waals surface area contributed by atoms with Crippen LogP contribution in [0.25, 0.3) is 0 Å². The number of rotatable bonds is 6. The fourth-order valence-corrected chi connectivity index (χ4v) is 2.72. The van der Waals surface area contributed by atoms with Crippen LogP contribution in [0.4, 0.5) is 5.69 Å². The molecule has 0 aliphatic carbocycles. The van der Waals surface area contributed by atoms with E-state index in [0.717, 1.165) is 24.4 Å². The highest BCUT2D eigenvalue weighted by molar-refractivity contribution is 5.45. The van der Waals surface area contributed by atoms with Gasteiger partial charge < -0.3 is 15.0 Å². The van der Waals surface area contributed by atoms with Crippen molar-refractivity contribution in [2.45, 2.75) is 45.1 Å². The van der Waals surface area contributed by atoms with E-state index in [9.17, 15) is 0 Å². The van der Waals surface area contributed by atoms with Crippen molar-refractivity contribution in [2.24, 2.45) is 0 Å². The second-order valence-electron chi connectivity index (χ2n) is 5.75. The molecule has 112 valence electrons. The molecule has 20 heavy (non-hydrogen) atoms. The molecule has 3 nitrogen and oxygen atoms in total. The molecule has 1 heterocycles. The minimum atomic E-state index is 0.277. The second kappa shape index (κ2) is 8.15. The molecule has 1 saturated heterocycles. The van der Waals surface area contributed by atoms with Gasteiger partial charge >= 0.3 is 0 Å². The summed E-state index contributed by atoms with van der Waals surface area (Å²) in [6.45, 7) is 5.87. The Hall–Kier alpha value is -1.22. The molecule has 1 fully saturated rings. The van der Waals surface area contributed by atoms with E-state index in [1.807, 2.05) is 19.2 Å². The molecular weight excluding hydrogens is 248 g/mol. The molecule has 1 aliphatic rings. The number of nitrogens with one attached hydrogen (secondary N) is 1. The number of hydrogen-bond donors (Lipinski definition) is 1. The highest BCUT2D eigenvalue weighted by atomic mass is 16.5. The fourth-order valence-electron chi connectivity index (χ4n) is 2.72. The molecule has 0 radical (unpaired) electrons. The Morgan fingerprint density at radius 1 is 1.10 bits per heavy atom. The molecule has 1 aromatic carbocycles. The molecule has 0 spiro atoms.